The van der Waals surface area contributed by atoms with Gasteiger partial charge in [0.25, 0.3) is 0 Å². The molecule has 0 aromatic rings. The predicted octanol–water partition coefficient (Wildman–Crippen LogP) is 1.89. The first-order valence-corrected chi connectivity index (χ1v) is 5.23. The molecule has 3 heteroatoms. The number of carboxylic acids is 1. The van der Waals surface area contributed by atoms with E-state index in [1.807, 2.05) is 6.92 Å². The normalized spacial score (nSPS) is 36.7. The minimum Gasteiger partial charge on any atom is -0.481 e. The minimum atomic E-state index is -0.730. The molecule has 0 radical (unpaired) electrons. The van der Waals surface area contributed by atoms with Gasteiger partial charge in [-0.2, -0.15) is 0 Å². The van der Waals surface area contributed by atoms with E-state index in [-0.39, 0.29) is 23.9 Å². The van der Waals surface area contributed by atoms with Crippen LogP contribution in [0.15, 0.2) is 0 Å². The highest BCUT2D eigenvalue weighted by Gasteiger charge is 2.41. The summed E-state index contributed by atoms with van der Waals surface area (Å²) in [6, 6.07) is 0. The summed E-state index contributed by atoms with van der Waals surface area (Å²) in [7, 11) is 0. The Morgan fingerprint density at radius 1 is 1.50 bits per heavy atom. The Bertz CT molecular complexity index is 223. The Kier molecular flexibility index (Phi) is 3.20. The second kappa shape index (κ2) is 3.89. The molecule has 0 bridgehead atoms. The predicted molar refractivity (Wildman–Crippen MR) is 53.9 cm³/mol. The molecule has 0 aromatic carbocycles. The van der Waals surface area contributed by atoms with Crippen molar-refractivity contribution in [1.29, 1.82) is 0 Å². The zero-order valence-electron chi connectivity index (χ0n) is 9.16. The first-order chi connectivity index (χ1) is 6.33. The number of rotatable bonds is 2. The Balaban J connectivity index is 2.74. The highest BCUT2D eigenvalue weighted by molar-refractivity contribution is 5.67. The first-order valence-electron chi connectivity index (χ1n) is 5.23. The van der Waals surface area contributed by atoms with E-state index in [0.717, 1.165) is 12.8 Å². The van der Waals surface area contributed by atoms with Gasteiger partial charge >= 0.3 is 5.97 Å². The molecule has 0 aliphatic heterocycles. The molecule has 1 saturated carbocycles. The van der Waals surface area contributed by atoms with Crippen molar-refractivity contribution in [3.63, 3.8) is 0 Å². The molecule has 1 aliphatic rings. The zero-order chi connectivity index (χ0) is 10.9. The maximum atomic E-state index is 10.7. The molecule has 1 rings (SSSR count). The van der Waals surface area contributed by atoms with Gasteiger partial charge in [0.05, 0.1) is 6.10 Å². The Hall–Kier alpha value is -0.570. The van der Waals surface area contributed by atoms with E-state index >= 15 is 0 Å². The number of carbonyl (C=O) groups is 1. The summed E-state index contributed by atoms with van der Waals surface area (Å²) in [4.78, 5) is 10.7. The van der Waals surface area contributed by atoms with E-state index in [9.17, 15) is 9.90 Å². The van der Waals surface area contributed by atoms with Gasteiger partial charge < -0.3 is 10.2 Å². The van der Waals surface area contributed by atoms with Crippen molar-refractivity contribution in [3.05, 3.63) is 0 Å². The van der Waals surface area contributed by atoms with Crippen molar-refractivity contribution >= 4 is 5.97 Å². The molecule has 0 saturated heterocycles. The molecule has 1 fully saturated rings. The second-order valence-corrected chi connectivity index (χ2v) is 5.26. The van der Waals surface area contributed by atoms with Gasteiger partial charge in [-0.3, -0.25) is 4.79 Å². The molecule has 0 unspecified atom stereocenters. The smallest absolute Gasteiger partial charge is 0.303 e. The molecular weight excluding hydrogens is 180 g/mol. The molecule has 14 heavy (non-hydrogen) atoms. The van der Waals surface area contributed by atoms with Gasteiger partial charge in [0.2, 0.25) is 0 Å². The molecule has 82 valence electrons. The Morgan fingerprint density at radius 2 is 2.07 bits per heavy atom. The number of aliphatic carboxylic acids is 1. The van der Waals surface area contributed by atoms with Crippen molar-refractivity contribution in [2.45, 2.75) is 46.1 Å². The van der Waals surface area contributed by atoms with Crippen molar-refractivity contribution in [2.75, 3.05) is 0 Å². The highest BCUT2D eigenvalue weighted by atomic mass is 16.4. The summed E-state index contributed by atoms with van der Waals surface area (Å²) in [6.45, 7) is 6.15. The lowest BCUT2D eigenvalue weighted by atomic mass is 9.62. The number of aliphatic hydroxyl groups excluding tert-OH is 1. The van der Waals surface area contributed by atoms with Crippen LogP contribution >= 0.6 is 0 Å². The van der Waals surface area contributed by atoms with Gasteiger partial charge in [0.1, 0.15) is 0 Å². The minimum absolute atomic E-state index is 0.0600. The largest absolute Gasteiger partial charge is 0.481 e. The van der Waals surface area contributed by atoms with Gasteiger partial charge in [0.15, 0.2) is 0 Å². The van der Waals surface area contributed by atoms with E-state index < -0.39 is 5.97 Å². The third-order valence-electron chi connectivity index (χ3n) is 3.49. The molecule has 0 heterocycles. The number of hydrogen-bond acceptors (Lipinski definition) is 2. The third-order valence-corrected chi connectivity index (χ3v) is 3.49. The van der Waals surface area contributed by atoms with Crippen LogP contribution in [0, 0.1) is 17.3 Å². The second-order valence-electron chi connectivity index (χ2n) is 5.26. The van der Waals surface area contributed by atoms with E-state index in [1.54, 1.807) is 0 Å². The topological polar surface area (TPSA) is 57.5 Å². The lowest BCUT2D eigenvalue weighted by Gasteiger charge is -2.44. The molecule has 0 aromatic heterocycles. The summed E-state index contributed by atoms with van der Waals surface area (Å²) < 4.78 is 0. The number of aliphatic hydroxyl groups is 1. The van der Waals surface area contributed by atoms with Gasteiger partial charge in [-0.1, -0.05) is 20.8 Å². The zero-order valence-corrected chi connectivity index (χ0v) is 9.16. The third kappa shape index (κ3) is 2.47. The van der Waals surface area contributed by atoms with Crippen LogP contribution in [0.3, 0.4) is 0 Å². The van der Waals surface area contributed by atoms with Crippen molar-refractivity contribution < 1.29 is 15.0 Å². The fourth-order valence-electron chi connectivity index (χ4n) is 2.87. The lowest BCUT2D eigenvalue weighted by Crippen LogP contribution is -2.40. The highest BCUT2D eigenvalue weighted by Crippen LogP contribution is 2.45. The van der Waals surface area contributed by atoms with Crippen molar-refractivity contribution in [3.8, 4) is 0 Å². The Morgan fingerprint density at radius 3 is 2.50 bits per heavy atom. The summed E-state index contributed by atoms with van der Waals surface area (Å²) >= 11 is 0. The molecule has 0 amide bonds. The van der Waals surface area contributed by atoms with Crippen molar-refractivity contribution in [1.82, 2.24) is 0 Å². The van der Waals surface area contributed by atoms with E-state index in [2.05, 4.69) is 13.8 Å². The van der Waals surface area contributed by atoms with Crippen LogP contribution in [0.1, 0.15) is 40.0 Å². The van der Waals surface area contributed by atoms with Gasteiger partial charge in [-0.15, -0.1) is 0 Å². The fourth-order valence-corrected chi connectivity index (χ4v) is 2.87. The van der Waals surface area contributed by atoms with Gasteiger partial charge in [-0.05, 0) is 30.1 Å². The van der Waals surface area contributed by atoms with Gasteiger partial charge in [-0.25, -0.2) is 0 Å². The molecule has 3 nitrogen and oxygen atoms in total. The summed E-state index contributed by atoms with van der Waals surface area (Å²) in [5.74, 6) is -0.250. The molecule has 0 spiro atoms. The first kappa shape index (κ1) is 11.5. The van der Waals surface area contributed by atoms with Crippen LogP contribution in [-0.2, 0) is 4.79 Å². The average Bonchev–Trinajstić information content (AvgIpc) is 1.95. The molecule has 2 N–H and O–H groups in total. The molecule has 1 aliphatic carbocycles. The van der Waals surface area contributed by atoms with Crippen molar-refractivity contribution in [2.24, 2.45) is 17.3 Å². The standard InChI is InChI=1S/C11H20O3/c1-7-4-8(12)6-11(2,3)9(7)5-10(13)14/h7-9,12H,4-6H2,1-3H3,(H,13,14)/t7-,8+,9+/m0/s1. The summed E-state index contributed by atoms with van der Waals surface area (Å²) in [6.07, 6.45) is 1.42. The SMILES string of the molecule is C[C@H]1C[C@@H](O)CC(C)(C)[C@@H]1CC(=O)O. The average molecular weight is 200 g/mol. The van der Waals surface area contributed by atoms with E-state index in [1.165, 1.54) is 0 Å². The van der Waals surface area contributed by atoms with Crippen LogP contribution in [0.4, 0.5) is 0 Å². The molecular formula is C11H20O3. The van der Waals surface area contributed by atoms with Crippen LogP contribution in [0.2, 0.25) is 0 Å². The number of hydrogen-bond donors (Lipinski definition) is 2. The van der Waals surface area contributed by atoms with Crippen LogP contribution in [-0.4, -0.2) is 22.3 Å². The van der Waals surface area contributed by atoms with Crippen LogP contribution in [0.25, 0.3) is 0 Å². The quantitative estimate of drug-likeness (QED) is 0.715. The maximum absolute atomic E-state index is 10.7. The monoisotopic (exact) mass is 200 g/mol. The van der Waals surface area contributed by atoms with Crippen LogP contribution in [0.5, 0.6) is 0 Å². The number of carboxylic acid groups (broad SMARTS) is 1. The van der Waals surface area contributed by atoms with E-state index in [4.69, 9.17) is 5.11 Å². The van der Waals surface area contributed by atoms with Gasteiger partial charge in [0, 0.05) is 6.42 Å². The van der Waals surface area contributed by atoms with E-state index in [0.29, 0.717) is 5.92 Å². The van der Waals surface area contributed by atoms with Crippen LogP contribution < -0.4 is 0 Å². The summed E-state index contributed by atoms with van der Waals surface area (Å²) in [5, 5.41) is 18.4. The Labute approximate surface area is 85.1 Å². The maximum Gasteiger partial charge on any atom is 0.303 e. The lowest BCUT2D eigenvalue weighted by molar-refractivity contribution is -0.141. The fraction of sp³-hybridized carbons (Fsp3) is 0.909. The summed E-state index contributed by atoms with van der Waals surface area (Å²) in [5.41, 5.74) is -0.0600. The molecule has 3 atom stereocenters.